The van der Waals surface area contributed by atoms with Gasteiger partial charge in [0.05, 0.1) is 24.4 Å². The van der Waals surface area contributed by atoms with Crippen LogP contribution in [0.2, 0.25) is 0 Å². The summed E-state index contributed by atoms with van der Waals surface area (Å²) < 4.78 is 6.01. The van der Waals surface area contributed by atoms with Crippen LogP contribution in [0.4, 0.5) is 0 Å². The average molecular weight is 366 g/mol. The van der Waals surface area contributed by atoms with Gasteiger partial charge in [0.1, 0.15) is 5.75 Å². The highest BCUT2D eigenvalue weighted by molar-refractivity contribution is 5.75. The lowest BCUT2D eigenvalue weighted by atomic mass is 9.83. The van der Waals surface area contributed by atoms with Crippen molar-refractivity contribution in [3.8, 4) is 17.0 Å². The van der Waals surface area contributed by atoms with Crippen molar-refractivity contribution in [3.05, 3.63) is 42.4 Å². The molecule has 0 aliphatic heterocycles. The summed E-state index contributed by atoms with van der Waals surface area (Å²) in [6.07, 6.45) is 9.27. The molecule has 2 aromatic heterocycles. The molecular weight excluding hydrogens is 340 g/mol. The SMILES string of the molecule is CC1CCC(COc2cncc(-c3cccc([C@@H]4C[C@H]4C(=O)O)n3)c2)CC1. The fraction of sp³-hybridized carbons (Fsp3) is 0.500. The monoisotopic (exact) mass is 366 g/mol. The Morgan fingerprint density at radius 3 is 2.78 bits per heavy atom. The molecule has 2 aromatic rings. The van der Waals surface area contributed by atoms with Gasteiger partial charge in [-0.05, 0) is 49.3 Å². The van der Waals surface area contributed by atoms with Crippen LogP contribution in [-0.4, -0.2) is 27.7 Å². The van der Waals surface area contributed by atoms with E-state index >= 15 is 0 Å². The van der Waals surface area contributed by atoms with E-state index in [0.29, 0.717) is 12.3 Å². The summed E-state index contributed by atoms with van der Waals surface area (Å²) in [6.45, 7) is 3.07. The third-order valence-electron chi connectivity index (χ3n) is 5.89. The second-order valence-electron chi connectivity index (χ2n) is 8.08. The van der Waals surface area contributed by atoms with E-state index in [1.54, 1.807) is 12.4 Å². The van der Waals surface area contributed by atoms with Gasteiger partial charge in [-0.25, -0.2) is 0 Å². The van der Waals surface area contributed by atoms with Crippen LogP contribution in [0, 0.1) is 17.8 Å². The second-order valence-corrected chi connectivity index (χ2v) is 8.08. The highest BCUT2D eigenvalue weighted by atomic mass is 16.5. The van der Waals surface area contributed by atoms with Crippen LogP contribution in [0.25, 0.3) is 11.3 Å². The van der Waals surface area contributed by atoms with Gasteiger partial charge < -0.3 is 9.84 Å². The van der Waals surface area contributed by atoms with E-state index in [1.165, 1.54) is 25.7 Å². The molecule has 2 atom stereocenters. The van der Waals surface area contributed by atoms with Crippen LogP contribution in [0.15, 0.2) is 36.7 Å². The number of carboxylic acid groups (broad SMARTS) is 1. The highest BCUT2D eigenvalue weighted by Gasteiger charge is 2.45. The molecule has 4 rings (SSSR count). The molecule has 0 aromatic carbocycles. The highest BCUT2D eigenvalue weighted by Crippen LogP contribution is 2.47. The van der Waals surface area contributed by atoms with Crippen LogP contribution in [0.1, 0.15) is 50.6 Å². The Morgan fingerprint density at radius 2 is 2.04 bits per heavy atom. The van der Waals surface area contributed by atoms with Crippen molar-refractivity contribution < 1.29 is 14.6 Å². The van der Waals surface area contributed by atoms with Crippen molar-refractivity contribution in [1.29, 1.82) is 0 Å². The van der Waals surface area contributed by atoms with Gasteiger partial charge >= 0.3 is 5.97 Å². The summed E-state index contributed by atoms with van der Waals surface area (Å²) in [5.74, 6) is 1.25. The van der Waals surface area contributed by atoms with Gasteiger partial charge in [-0.3, -0.25) is 14.8 Å². The standard InChI is InChI=1S/C22H26N2O3/c1-14-5-7-15(8-6-14)13-27-17-9-16(11-23-12-17)20-3-2-4-21(24-20)18-10-19(18)22(25)26/h2-4,9,11-12,14-15,18-19H,5-8,10,13H2,1H3,(H,25,26)/t14?,15?,18-,19-/m1/s1. The molecule has 2 saturated carbocycles. The van der Waals surface area contributed by atoms with E-state index < -0.39 is 5.97 Å². The van der Waals surface area contributed by atoms with Crippen molar-refractivity contribution in [3.63, 3.8) is 0 Å². The second kappa shape index (κ2) is 7.67. The Bertz CT molecular complexity index is 815. The number of nitrogens with zero attached hydrogens (tertiary/aromatic N) is 2. The van der Waals surface area contributed by atoms with E-state index in [1.807, 2.05) is 24.3 Å². The Labute approximate surface area is 159 Å². The average Bonchev–Trinajstić information content (AvgIpc) is 3.49. The van der Waals surface area contributed by atoms with Crippen LogP contribution in [-0.2, 0) is 4.79 Å². The summed E-state index contributed by atoms with van der Waals surface area (Å²) in [5.41, 5.74) is 2.56. The molecule has 0 radical (unpaired) electrons. The zero-order valence-corrected chi connectivity index (χ0v) is 15.7. The Kier molecular flexibility index (Phi) is 5.10. The molecule has 2 aliphatic carbocycles. The zero-order valence-electron chi connectivity index (χ0n) is 15.7. The predicted octanol–water partition coefficient (Wildman–Crippen LogP) is 4.54. The largest absolute Gasteiger partial charge is 0.492 e. The van der Waals surface area contributed by atoms with Crippen LogP contribution in [0.3, 0.4) is 0 Å². The van der Waals surface area contributed by atoms with Gasteiger partial charge in [-0.15, -0.1) is 0 Å². The van der Waals surface area contributed by atoms with E-state index in [2.05, 4.69) is 16.9 Å². The molecule has 0 saturated heterocycles. The number of hydrogen-bond acceptors (Lipinski definition) is 4. The van der Waals surface area contributed by atoms with Gasteiger partial charge in [-0.1, -0.05) is 25.8 Å². The van der Waals surface area contributed by atoms with Crippen LogP contribution < -0.4 is 4.74 Å². The molecule has 5 nitrogen and oxygen atoms in total. The maximum Gasteiger partial charge on any atom is 0.307 e. The zero-order chi connectivity index (χ0) is 18.8. The normalized spacial score (nSPS) is 27.1. The summed E-state index contributed by atoms with van der Waals surface area (Å²) in [5, 5.41) is 9.13. The molecule has 142 valence electrons. The molecule has 0 bridgehead atoms. The lowest BCUT2D eigenvalue weighted by Gasteiger charge is -2.26. The topological polar surface area (TPSA) is 72.3 Å². The van der Waals surface area contributed by atoms with Crippen LogP contribution >= 0.6 is 0 Å². The first-order valence-electron chi connectivity index (χ1n) is 9.88. The van der Waals surface area contributed by atoms with E-state index in [9.17, 15) is 4.79 Å². The third kappa shape index (κ3) is 4.29. The molecule has 0 unspecified atom stereocenters. The number of aliphatic carboxylic acids is 1. The molecule has 1 N–H and O–H groups in total. The van der Waals surface area contributed by atoms with Crippen molar-refractivity contribution in [2.45, 2.75) is 44.9 Å². The Balaban J connectivity index is 1.42. The number of aromatic nitrogens is 2. The molecule has 0 amide bonds. The summed E-state index contributed by atoms with van der Waals surface area (Å²) >= 11 is 0. The smallest absolute Gasteiger partial charge is 0.307 e. The maximum absolute atomic E-state index is 11.1. The van der Waals surface area contributed by atoms with E-state index in [0.717, 1.165) is 35.2 Å². The van der Waals surface area contributed by atoms with Gasteiger partial charge in [0, 0.05) is 23.4 Å². The Morgan fingerprint density at radius 1 is 1.22 bits per heavy atom. The minimum atomic E-state index is -0.735. The van der Waals surface area contributed by atoms with Gasteiger partial charge in [0.15, 0.2) is 0 Å². The minimum Gasteiger partial charge on any atom is -0.492 e. The number of pyridine rings is 2. The quantitative estimate of drug-likeness (QED) is 0.813. The first-order valence-corrected chi connectivity index (χ1v) is 9.88. The lowest BCUT2D eigenvalue weighted by molar-refractivity contribution is -0.138. The van der Waals surface area contributed by atoms with Gasteiger partial charge in [-0.2, -0.15) is 0 Å². The number of ether oxygens (including phenoxy) is 1. The molecule has 5 heteroatoms. The fourth-order valence-corrected chi connectivity index (χ4v) is 3.96. The van der Waals surface area contributed by atoms with Crippen LogP contribution in [0.5, 0.6) is 5.75 Å². The molecule has 27 heavy (non-hydrogen) atoms. The van der Waals surface area contributed by atoms with Gasteiger partial charge in [0.2, 0.25) is 0 Å². The minimum absolute atomic E-state index is 0.0311. The molecule has 0 spiro atoms. The summed E-state index contributed by atoms with van der Waals surface area (Å²) in [4.78, 5) is 20.1. The number of rotatable bonds is 6. The van der Waals surface area contributed by atoms with E-state index in [4.69, 9.17) is 9.84 Å². The number of carbonyl (C=O) groups is 1. The lowest BCUT2D eigenvalue weighted by Crippen LogP contribution is -2.18. The third-order valence-corrected chi connectivity index (χ3v) is 5.89. The number of hydrogen-bond donors (Lipinski definition) is 1. The first-order chi connectivity index (χ1) is 13.1. The maximum atomic E-state index is 11.1. The molecular formula is C22H26N2O3. The number of carboxylic acids is 1. The fourth-order valence-electron chi connectivity index (χ4n) is 3.96. The summed E-state index contributed by atoms with van der Waals surface area (Å²) in [7, 11) is 0. The first kappa shape index (κ1) is 18.0. The van der Waals surface area contributed by atoms with Gasteiger partial charge in [0.25, 0.3) is 0 Å². The van der Waals surface area contributed by atoms with Crippen molar-refractivity contribution in [2.75, 3.05) is 6.61 Å². The Hall–Kier alpha value is -2.43. The predicted molar refractivity (Wildman–Crippen MR) is 103 cm³/mol. The summed E-state index contributed by atoms with van der Waals surface area (Å²) in [6, 6.07) is 7.76. The molecule has 2 heterocycles. The molecule has 2 aliphatic rings. The molecule has 2 fully saturated rings. The van der Waals surface area contributed by atoms with Crippen molar-refractivity contribution >= 4 is 5.97 Å². The van der Waals surface area contributed by atoms with E-state index in [-0.39, 0.29) is 11.8 Å². The van der Waals surface area contributed by atoms with Crippen molar-refractivity contribution in [2.24, 2.45) is 17.8 Å². The van der Waals surface area contributed by atoms with Crippen molar-refractivity contribution in [1.82, 2.24) is 9.97 Å².